The van der Waals surface area contributed by atoms with E-state index in [0.29, 0.717) is 13.1 Å². The molecule has 6 heterocycles. The minimum atomic E-state index is -2.62. The maximum Gasteiger partial charge on any atom is 0.261 e. The number of hydrogen-bond donors (Lipinski definition) is 2. The van der Waals surface area contributed by atoms with Gasteiger partial charge in [-0.3, -0.25) is 25.0 Å². The van der Waals surface area contributed by atoms with E-state index >= 15 is 0 Å². The van der Waals surface area contributed by atoms with Gasteiger partial charge in [-0.25, -0.2) is 8.78 Å². The molecule has 39 heavy (non-hydrogen) atoms. The molecule has 0 spiro atoms. The molecule has 0 aliphatic carbocycles. The first-order valence-corrected chi connectivity index (χ1v) is 12.7. The third kappa shape index (κ3) is 5.00. The normalized spacial score (nSPS) is 15.7. The second-order valence-corrected chi connectivity index (χ2v) is 9.86. The third-order valence-corrected chi connectivity index (χ3v) is 7.03. The molecule has 0 radical (unpaired) electrons. The van der Waals surface area contributed by atoms with Crippen molar-refractivity contribution in [2.45, 2.75) is 25.8 Å². The molecule has 1 aliphatic heterocycles. The van der Waals surface area contributed by atoms with Gasteiger partial charge in [0.15, 0.2) is 0 Å². The second kappa shape index (κ2) is 9.99. The highest BCUT2D eigenvalue weighted by molar-refractivity contribution is 5.95. The monoisotopic (exact) mass is 523 g/mol. The molecule has 7 nitrogen and oxygen atoms in total. The van der Waals surface area contributed by atoms with E-state index in [9.17, 15) is 8.78 Å². The zero-order valence-corrected chi connectivity index (χ0v) is 21.5. The summed E-state index contributed by atoms with van der Waals surface area (Å²) < 4.78 is 27.3. The smallest absolute Gasteiger partial charge is 0.261 e. The summed E-state index contributed by atoms with van der Waals surface area (Å²) in [5.41, 5.74) is 9.02. The van der Waals surface area contributed by atoms with Crippen LogP contribution in [0.1, 0.15) is 28.8 Å². The van der Waals surface area contributed by atoms with Crippen LogP contribution in [0.5, 0.6) is 0 Å². The summed E-state index contributed by atoms with van der Waals surface area (Å²) in [6.07, 6.45) is 12.4. The summed E-state index contributed by atoms with van der Waals surface area (Å²) >= 11 is 0. The van der Waals surface area contributed by atoms with Gasteiger partial charge in [-0.05, 0) is 54.0 Å². The Balaban J connectivity index is 1.33. The number of aromatic amines is 2. The molecule has 1 fully saturated rings. The minimum Gasteiger partial charge on any atom is -0.357 e. The Labute approximate surface area is 224 Å². The number of aromatic nitrogens is 6. The van der Waals surface area contributed by atoms with Crippen LogP contribution in [-0.2, 0) is 6.54 Å². The van der Waals surface area contributed by atoms with Crippen LogP contribution < -0.4 is 0 Å². The molecule has 5 aromatic heterocycles. The number of nitrogens with one attached hydrogen (secondary N) is 2. The van der Waals surface area contributed by atoms with E-state index in [2.05, 4.69) is 42.8 Å². The van der Waals surface area contributed by atoms with Crippen molar-refractivity contribution in [3.05, 3.63) is 102 Å². The van der Waals surface area contributed by atoms with Crippen molar-refractivity contribution < 1.29 is 8.78 Å². The highest BCUT2D eigenvalue weighted by atomic mass is 19.3. The topological polar surface area (TPSA) is 86.4 Å². The van der Waals surface area contributed by atoms with Gasteiger partial charge < -0.3 is 4.98 Å². The maximum absolute atomic E-state index is 13.6. The number of fused-ring (bicyclic) bond motifs is 1. The first-order chi connectivity index (χ1) is 18.9. The van der Waals surface area contributed by atoms with Gasteiger partial charge in [-0.15, -0.1) is 0 Å². The average Bonchev–Trinajstić information content (AvgIpc) is 3.63. The lowest BCUT2D eigenvalue weighted by Crippen LogP contribution is -2.24. The largest absolute Gasteiger partial charge is 0.357 e. The maximum atomic E-state index is 13.6. The molecule has 0 unspecified atom stereocenters. The first-order valence-electron chi connectivity index (χ1n) is 12.7. The Morgan fingerprint density at radius 2 is 1.97 bits per heavy atom. The molecule has 2 N–H and O–H groups in total. The Kier molecular flexibility index (Phi) is 6.36. The van der Waals surface area contributed by atoms with E-state index in [1.807, 2.05) is 37.3 Å². The summed E-state index contributed by atoms with van der Waals surface area (Å²) in [6.45, 7) is 6.51. The highest BCUT2D eigenvalue weighted by Crippen LogP contribution is 2.34. The van der Waals surface area contributed by atoms with Crippen molar-refractivity contribution in [2.75, 3.05) is 13.1 Å². The lowest BCUT2D eigenvalue weighted by molar-refractivity contribution is 0.0115. The van der Waals surface area contributed by atoms with Crippen molar-refractivity contribution in [3.8, 4) is 22.6 Å². The molecular weight excluding hydrogens is 496 g/mol. The number of hydrogen-bond acceptors (Lipinski definition) is 5. The van der Waals surface area contributed by atoms with Crippen molar-refractivity contribution in [3.63, 3.8) is 0 Å². The first kappa shape index (κ1) is 24.8. The van der Waals surface area contributed by atoms with E-state index in [1.165, 1.54) is 0 Å². The van der Waals surface area contributed by atoms with Crippen LogP contribution in [0.4, 0.5) is 8.78 Å². The van der Waals surface area contributed by atoms with E-state index in [0.717, 1.165) is 61.5 Å². The predicted molar refractivity (Wildman–Crippen MR) is 148 cm³/mol. The molecule has 0 bridgehead atoms. The lowest BCUT2D eigenvalue weighted by Gasteiger charge is -2.15. The molecule has 1 aliphatic rings. The van der Waals surface area contributed by atoms with Crippen LogP contribution in [0.3, 0.4) is 0 Å². The SMILES string of the molecule is C=C/C=C(/c1ccncc1)c1cc(-c2n[nH]c3cnc(-c4cncc(CN5CCC(F)(F)C5)c4)cc23)[nH]c1C. The number of halogens is 2. The van der Waals surface area contributed by atoms with Crippen LogP contribution in [0.15, 0.2) is 80.0 Å². The molecule has 196 valence electrons. The summed E-state index contributed by atoms with van der Waals surface area (Å²) in [7, 11) is 0. The quantitative estimate of drug-likeness (QED) is 0.249. The Morgan fingerprint density at radius 3 is 2.74 bits per heavy atom. The van der Waals surface area contributed by atoms with Gasteiger partial charge in [0.05, 0.1) is 29.6 Å². The molecule has 5 aromatic rings. The van der Waals surface area contributed by atoms with Crippen LogP contribution in [0.2, 0.25) is 0 Å². The number of pyridine rings is 3. The average molecular weight is 524 g/mol. The van der Waals surface area contributed by atoms with E-state index in [-0.39, 0.29) is 13.0 Å². The van der Waals surface area contributed by atoms with Gasteiger partial charge in [-0.1, -0.05) is 18.7 Å². The third-order valence-electron chi connectivity index (χ3n) is 7.03. The second-order valence-electron chi connectivity index (χ2n) is 9.86. The van der Waals surface area contributed by atoms with Gasteiger partial charge in [-0.2, -0.15) is 5.10 Å². The number of H-pyrrole nitrogens is 2. The van der Waals surface area contributed by atoms with Crippen molar-refractivity contribution in [2.24, 2.45) is 0 Å². The molecule has 0 aromatic carbocycles. The van der Waals surface area contributed by atoms with Crippen molar-refractivity contribution in [1.29, 1.82) is 0 Å². The standard InChI is InChI=1S/C30H27F2N7/c1-3-4-23(21-5-8-33-9-6-21)24-12-27(36-19(24)2)29-25-13-26(35-16-28(25)37-38-29)22-11-20(14-34-15-22)17-39-10-7-30(31,32)18-39/h3-6,8-9,11-16,36H,1,7,10,17-18H2,2H3,(H,37,38)/b23-4-. The predicted octanol–water partition coefficient (Wildman–Crippen LogP) is 6.18. The van der Waals surface area contributed by atoms with Crippen molar-refractivity contribution in [1.82, 2.24) is 35.0 Å². The fourth-order valence-corrected chi connectivity index (χ4v) is 5.15. The van der Waals surface area contributed by atoms with E-state index in [4.69, 9.17) is 0 Å². The summed E-state index contributed by atoms with van der Waals surface area (Å²) in [4.78, 5) is 18.4. The van der Waals surface area contributed by atoms with Gasteiger partial charge in [0.25, 0.3) is 5.92 Å². The zero-order chi connectivity index (χ0) is 27.0. The van der Waals surface area contributed by atoms with Crippen molar-refractivity contribution >= 4 is 16.5 Å². The summed E-state index contributed by atoms with van der Waals surface area (Å²) in [5, 5.41) is 8.59. The van der Waals surface area contributed by atoms with Crippen LogP contribution in [0, 0.1) is 6.92 Å². The summed E-state index contributed by atoms with van der Waals surface area (Å²) in [6, 6.07) is 9.99. The molecule has 9 heteroatoms. The Morgan fingerprint density at radius 1 is 1.13 bits per heavy atom. The van der Waals surface area contributed by atoms with Gasteiger partial charge in [0.1, 0.15) is 5.69 Å². The Hall–Kier alpha value is -4.50. The van der Waals surface area contributed by atoms with Crippen LogP contribution in [-0.4, -0.2) is 54.0 Å². The lowest BCUT2D eigenvalue weighted by atomic mass is 9.98. The summed E-state index contributed by atoms with van der Waals surface area (Å²) in [5.74, 6) is -2.62. The molecule has 1 saturated heterocycles. The van der Waals surface area contributed by atoms with Gasteiger partial charge in [0.2, 0.25) is 0 Å². The highest BCUT2D eigenvalue weighted by Gasteiger charge is 2.37. The van der Waals surface area contributed by atoms with Gasteiger partial charge >= 0.3 is 0 Å². The fourth-order valence-electron chi connectivity index (χ4n) is 5.15. The molecule has 0 amide bonds. The molecule has 6 rings (SSSR count). The van der Waals surface area contributed by atoms with Crippen LogP contribution in [0.25, 0.3) is 39.1 Å². The number of aryl methyl sites for hydroxylation is 1. The van der Waals surface area contributed by atoms with E-state index in [1.54, 1.807) is 42.0 Å². The number of allylic oxidation sites excluding steroid dienone is 2. The molecular formula is C30H27F2N7. The number of rotatable bonds is 7. The number of alkyl halides is 2. The number of nitrogens with zero attached hydrogens (tertiary/aromatic N) is 5. The molecule has 0 saturated carbocycles. The number of likely N-dealkylation sites (tertiary alicyclic amines) is 1. The zero-order valence-electron chi connectivity index (χ0n) is 21.5. The van der Waals surface area contributed by atoms with E-state index < -0.39 is 5.92 Å². The minimum absolute atomic E-state index is 0.102. The van der Waals surface area contributed by atoms with Crippen LogP contribution >= 0.6 is 0 Å². The Bertz CT molecular complexity index is 1680. The van der Waals surface area contributed by atoms with Gasteiger partial charge in [0, 0.05) is 66.5 Å². The fraction of sp³-hybridized carbons (Fsp3) is 0.200. The molecule has 0 atom stereocenters.